The number of benzene rings is 3. The number of nitro groups is 1. The van der Waals surface area contributed by atoms with Crippen LogP contribution in [0.1, 0.15) is 28.7 Å². The second kappa shape index (κ2) is 10.8. The fourth-order valence-electron chi connectivity index (χ4n) is 4.27. The molecule has 0 aromatic heterocycles. The lowest BCUT2D eigenvalue weighted by Gasteiger charge is -2.30. The van der Waals surface area contributed by atoms with Gasteiger partial charge < -0.3 is 10.4 Å². The standard InChI is InChI=1S/C27H24F3N3O4/c28-27(29,30)21-8-4-18(5-9-21)15-31-26(35)25-17-32(16-19-2-1-3-22(14-19)33(36)37)13-12-24(25)20-6-10-23(34)11-7-20/h1-11,14,34H,12-13,15-17H2,(H,31,35). The lowest BCUT2D eigenvalue weighted by atomic mass is 9.92. The number of amides is 1. The number of hydrogen-bond acceptors (Lipinski definition) is 5. The van der Waals surface area contributed by atoms with Crippen molar-refractivity contribution in [3.63, 3.8) is 0 Å². The number of non-ortho nitro benzene ring substituents is 1. The number of carbonyl (C=O) groups is 1. The van der Waals surface area contributed by atoms with Crippen LogP contribution >= 0.6 is 0 Å². The number of rotatable bonds is 7. The number of hydrogen-bond donors (Lipinski definition) is 2. The Balaban J connectivity index is 1.54. The molecule has 4 rings (SSSR count). The molecule has 10 heteroatoms. The van der Waals surface area contributed by atoms with E-state index in [0.717, 1.165) is 28.8 Å². The van der Waals surface area contributed by atoms with E-state index in [-0.39, 0.29) is 30.4 Å². The van der Waals surface area contributed by atoms with Crippen molar-refractivity contribution in [3.8, 4) is 5.75 Å². The second-order valence-corrected chi connectivity index (χ2v) is 8.77. The molecule has 0 unspecified atom stereocenters. The molecule has 1 amide bonds. The van der Waals surface area contributed by atoms with Crippen molar-refractivity contribution >= 4 is 17.2 Å². The molecule has 3 aromatic carbocycles. The topological polar surface area (TPSA) is 95.7 Å². The highest BCUT2D eigenvalue weighted by Gasteiger charge is 2.30. The first-order chi connectivity index (χ1) is 17.6. The molecule has 0 saturated carbocycles. The highest BCUT2D eigenvalue weighted by atomic mass is 19.4. The summed E-state index contributed by atoms with van der Waals surface area (Å²) >= 11 is 0. The predicted molar refractivity (Wildman–Crippen MR) is 131 cm³/mol. The summed E-state index contributed by atoms with van der Waals surface area (Å²) in [6.45, 7) is 1.33. The van der Waals surface area contributed by atoms with E-state index in [1.165, 1.54) is 36.4 Å². The van der Waals surface area contributed by atoms with Gasteiger partial charge in [-0.15, -0.1) is 0 Å². The van der Waals surface area contributed by atoms with Crippen LogP contribution in [0.4, 0.5) is 18.9 Å². The average Bonchev–Trinajstić information content (AvgIpc) is 2.88. The highest BCUT2D eigenvalue weighted by molar-refractivity contribution is 6.02. The maximum absolute atomic E-state index is 13.3. The smallest absolute Gasteiger partial charge is 0.416 e. The molecule has 37 heavy (non-hydrogen) atoms. The molecule has 0 spiro atoms. The van der Waals surface area contributed by atoms with Gasteiger partial charge in [0, 0.05) is 43.9 Å². The van der Waals surface area contributed by atoms with Crippen molar-refractivity contribution in [3.05, 3.63) is 111 Å². The van der Waals surface area contributed by atoms with E-state index in [2.05, 4.69) is 5.32 Å². The summed E-state index contributed by atoms with van der Waals surface area (Å²) < 4.78 is 38.5. The van der Waals surface area contributed by atoms with Crippen LogP contribution in [-0.2, 0) is 24.1 Å². The molecule has 1 aliphatic rings. The Morgan fingerprint density at radius 1 is 1.03 bits per heavy atom. The molecule has 0 fully saturated rings. The number of nitrogens with one attached hydrogen (secondary N) is 1. The summed E-state index contributed by atoms with van der Waals surface area (Å²) in [5.41, 5.74) is 2.58. The van der Waals surface area contributed by atoms with Crippen molar-refractivity contribution in [1.82, 2.24) is 10.2 Å². The van der Waals surface area contributed by atoms with Crippen LogP contribution in [0.5, 0.6) is 5.75 Å². The summed E-state index contributed by atoms with van der Waals surface area (Å²) in [6.07, 6.45) is -3.90. The van der Waals surface area contributed by atoms with Crippen LogP contribution in [0.2, 0.25) is 0 Å². The zero-order valence-electron chi connectivity index (χ0n) is 19.7. The number of alkyl halides is 3. The Morgan fingerprint density at radius 3 is 2.38 bits per heavy atom. The number of phenolic OH excluding ortho intramolecular Hbond substituents is 1. The summed E-state index contributed by atoms with van der Waals surface area (Å²) in [5.74, 6) is -0.257. The van der Waals surface area contributed by atoms with Gasteiger partial charge in [-0.1, -0.05) is 36.4 Å². The minimum absolute atomic E-state index is 0.00987. The van der Waals surface area contributed by atoms with Crippen LogP contribution in [0.25, 0.3) is 5.57 Å². The summed E-state index contributed by atoms with van der Waals surface area (Å²) in [4.78, 5) is 26.0. The first kappa shape index (κ1) is 25.9. The van der Waals surface area contributed by atoms with E-state index in [4.69, 9.17) is 0 Å². The van der Waals surface area contributed by atoms with E-state index in [1.54, 1.807) is 24.3 Å². The lowest BCUT2D eigenvalue weighted by molar-refractivity contribution is -0.384. The molecule has 1 aliphatic heterocycles. The van der Waals surface area contributed by atoms with Crippen LogP contribution < -0.4 is 5.32 Å². The fraction of sp³-hybridized carbons (Fsp3) is 0.222. The molecule has 0 saturated heterocycles. The lowest BCUT2D eigenvalue weighted by Crippen LogP contribution is -2.37. The number of nitrogens with zero attached hydrogens (tertiary/aromatic N) is 2. The molecule has 3 aromatic rings. The first-order valence-electron chi connectivity index (χ1n) is 11.5. The van der Waals surface area contributed by atoms with Gasteiger partial charge in [0.1, 0.15) is 5.75 Å². The minimum atomic E-state index is -4.43. The van der Waals surface area contributed by atoms with Crippen molar-refractivity contribution in [2.24, 2.45) is 0 Å². The number of carbonyl (C=O) groups excluding carboxylic acids is 1. The van der Waals surface area contributed by atoms with Gasteiger partial charge in [0.15, 0.2) is 0 Å². The van der Waals surface area contributed by atoms with Crippen LogP contribution in [0.3, 0.4) is 0 Å². The van der Waals surface area contributed by atoms with Crippen LogP contribution in [0.15, 0.2) is 78.4 Å². The maximum atomic E-state index is 13.3. The molecular formula is C27H24F3N3O4. The number of halogens is 3. The fourth-order valence-corrected chi connectivity index (χ4v) is 4.27. The number of nitro benzene ring substituents is 1. The quantitative estimate of drug-likeness (QED) is 0.332. The zero-order valence-corrected chi connectivity index (χ0v) is 19.7. The van der Waals surface area contributed by atoms with Gasteiger partial charge in [0.05, 0.1) is 10.5 Å². The Labute approximate surface area is 211 Å². The first-order valence-corrected chi connectivity index (χ1v) is 11.5. The Hall–Kier alpha value is -4.18. The molecule has 0 radical (unpaired) electrons. The average molecular weight is 512 g/mol. The normalized spacial score (nSPS) is 14.5. The predicted octanol–water partition coefficient (Wildman–Crippen LogP) is 5.30. The van der Waals surface area contributed by atoms with Crippen molar-refractivity contribution < 1.29 is 28.0 Å². The third-order valence-corrected chi connectivity index (χ3v) is 6.18. The maximum Gasteiger partial charge on any atom is 0.416 e. The monoisotopic (exact) mass is 511 g/mol. The molecule has 1 heterocycles. The Morgan fingerprint density at radius 2 is 1.73 bits per heavy atom. The van der Waals surface area contributed by atoms with Gasteiger partial charge in [-0.25, -0.2) is 0 Å². The number of aromatic hydroxyl groups is 1. The van der Waals surface area contributed by atoms with Gasteiger partial charge >= 0.3 is 6.18 Å². The van der Waals surface area contributed by atoms with Crippen LogP contribution in [0, 0.1) is 10.1 Å². The van der Waals surface area contributed by atoms with E-state index in [9.17, 15) is 33.2 Å². The van der Waals surface area contributed by atoms with Gasteiger partial charge in [-0.3, -0.25) is 19.8 Å². The van der Waals surface area contributed by atoms with E-state index >= 15 is 0 Å². The molecule has 0 bridgehead atoms. The van der Waals surface area contributed by atoms with E-state index in [0.29, 0.717) is 30.6 Å². The summed E-state index contributed by atoms with van der Waals surface area (Å²) in [5, 5.41) is 23.6. The van der Waals surface area contributed by atoms with Crippen molar-refractivity contribution in [2.75, 3.05) is 13.1 Å². The van der Waals surface area contributed by atoms with Gasteiger partial charge in [0.2, 0.25) is 5.91 Å². The van der Waals surface area contributed by atoms with Gasteiger partial charge in [-0.2, -0.15) is 13.2 Å². The van der Waals surface area contributed by atoms with Crippen molar-refractivity contribution in [1.29, 1.82) is 0 Å². The van der Waals surface area contributed by atoms with E-state index in [1.807, 2.05) is 4.90 Å². The second-order valence-electron chi connectivity index (χ2n) is 8.77. The largest absolute Gasteiger partial charge is 0.508 e. The number of phenols is 1. The minimum Gasteiger partial charge on any atom is -0.508 e. The summed E-state index contributed by atoms with van der Waals surface area (Å²) in [7, 11) is 0. The molecule has 7 nitrogen and oxygen atoms in total. The SMILES string of the molecule is O=C(NCc1ccc(C(F)(F)F)cc1)C1=C(c2ccc(O)cc2)CCN(Cc2cccc([N+](=O)[O-])c2)C1. The van der Waals surface area contributed by atoms with Crippen molar-refractivity contribution in [2.45, 2.75) is 25.7 Å². The molecule has 2 N–H and O–H groups in total. The third-order valence-electron chi connectivity index (χ3n) is 6.18. The third kappa shape index (κ3) is 6.53. The summed E-state index contributed by atoms with van der Waals surface area (Å²) in [6, 6.07) is 17.5. The van der Waals surface area contributed by atoms with Gasteiger partial charge in [-0.05, 0) is 52.9 Å². The highest BCUT2D eigenvalue weighted by Crippen LogP contribution is 2.31. The van der Waals surface area contributed by atoms with E-state index < -0.39 is 16.7 Å². The van der Waals surface area contributed by atoms with Gasteiger partial charge in [0.25, 0.3) is 5.69 Å². The molecular weight excluding hydrogens is 487 g/mol. The molecule has 0 atom stereocenters. The zero-order chi connectivity index (χ0) is 26.6. The Bertz CT molecular complexity index is 1320. The Kier molecular flexibility index (Phi) is 7.58. The molecule has 0 aliphatic carbocycles. The van der Waals surface area contributed by atoms with Crippen LogP contribution in [-0.4, -0.2) is 33.9 Å². The molecule has 192 valence electrons.